The molecule has 2 amide bonds. The SMILES string of the molecule is CC(C)=C1CCN(C(=O)CC(C)C)C1.CN1CCCC1c1ncc(C#Cc2ccc3cc(-c4cnc[nH]4)ccc3c2)[nH]1.COC(=O)NC(C=O)C(C)C. The number of benzene rings is 2. The number of carbonyl (C=O) groups excluding carboxylic acids is 3. The maximum atomic E-state index is 11.7. The standard InChI is InChI=1S/C23H21N5.C12H21NO.C7H13NO3/c1-28-10-2-3-22(28)23-25-13-20(27-23)9-5-16-4-6-18-12-19(8-7-17(18)11-16)21-14-24-15-26-21;1-9(2)7-12(14)13-6-5-11(8-13)10(3)4;1-5(2)6(4-9)8-7(10)11-3/h4,6-8,11-15,22H,2-3,10H2,1H3,(H,24,26)(H,25,27);9H,5-8H2,1-4H3;4-6H,1-3H3,(H,8,10). The van der Waals surface area contributed by atoms with Crippen LogP contribution in [-0.2, 0) is 14.3 Å². The number of alkyl carbamates (subject to hydrolysis) is 1. The number of amides is 2. The van der Waals surface area contributed by atoms with Crippen LogP contribution in [-0.4, -0.2) is 87.9 Å². The highest BCUT2D eigenvalue weighted by Crippen LogP contribution is 2.28. The number of nitrogens with one attached hydrogen (secondary N) is 3. The van der Waals surface area contributed by atoms with Crippen molar-refractivity contribution in [2.45, 2.75) is 79.3 Å². The van der Waals surface area contributed by atoms with Gasteiger partial charge in [0.25, 0.3) is 0 Å². The van der Waals surface area contributed by atoms with Gasteiger partial charge in [-0.2, -0.15) is 0 Å². The molecule has 2 aromatic carbocycles. The number of allylic oxidation sites excluding steroid dienone is 1. The molecule has 0 radical (unpaired) electrons. The molecule has 0 bridgehead atoms. The number of nitrogens with zero attached hydrogens (tertiary/aromatic N) is 4. The van der Waals surface area contributed by atoms with Crippen molar-refractivity contribution in [1.82, 2.24) is 35.1 Å². The van der Waals surface area contributed by atoms with Gasteiger partial charge in [-0.15, -0.1) is 0 Å². The molecule has 4 heterocycles. The fraction of sp³-hybridized carbons (Fsp3) is 0.452. The van der Waals surface area contributed by atoms with Crippen LogP contribution in [0.25, 0.3) is 22.0 Å². The van der Waals surface area contributed by atoms with Crippen molar-refractivity contribution in [3.05, 3.63) is 83.3 Å². The first kappa shape index (κ1) is 40.6. The van der Waals surface area contributed by atoms with E-state index in [0.29, 0.717) is 30.6 Å². The summed E-state index contributed by atoms with van der Waals surface area (Å²) in [7, 11) is 3.41. The predicted octanol–water partition coefficient (Wildman–Crippen LogP) is 7.29. The van der Waals surface area contributed by atoms with Gasteiger partial charge in [-0.1, -0.05) is 63.0 Å². The molecular formula is C42H55N7O4. The van der Waals surface area contributed by atoms with Crippen LogP contribution in [0, 0.1) is 23.7 Å². The first-order valence-electron chi connectivity index (χ1n) is 18.4. The topological polar surface area (TPSA) is 136 Å². The van der Waals surface area contributed by atoms with Gasteiger partial charge in [0.05, 0.1) is 43.6 Å². The summed E-state index contributed by atoms with van der Waals surface area (Å²) < 4.78 is 4.32. The maximum absolute atomic E-state index is 11.7. The highest BCUT2D eigenvalue weighted by Gasteiger charge is 2.25. The molecule has 0 spiro atoms. The Hall–Kier alpha value is -5.21. The van der Waals surface area contributed by atoms with Crippen LogP contribution in [0.3, 0.4) is 0 Å². The largest absolute Gasteiger partial charge is 0.453 e. The Bertz CT molecular complexity index is 1910. The minimum Gasteiger partial charge on any atom is -0.453 e. The quantitative estimate of drug-likeness (QED) is 0.104. The van der Waals surface area contributed by atoms with E-state index >= 15 is 0 Å². The van der Waals surface area contributed by atoms with Gasteiger partial charge in [-0.25, -0.2) is 14.8 Å². The number of aromatic nitrogens is 4. The number of methoxy groups -OCH3 is 1. The van der Waals surface area contributed by atoms with Crippen LogP contribution in [0.15, 0.2) is 66.3 Å². The lowest BCUT2D eigenvalue weighted by molar-refractivity contribution is -0.130. The van der Waals surface area contributed by atoms with Gasteiger partial charge in [0, 0.05) is 30.6 Å². The second kappa shape index (κ2) is 19.6. The number of rotatable bonds is 7. The number of hydrogen-bond acceptors (Lipinski definition) is 7. The van der Waals surface area contributed by atoms with Gasteiger partial charge in [0.1, 0.15) is 17.8 Å². The third kappa shape index (κ3) is 11.9. The summed E-state index contributed by atoms with van der Waals surface area (Å²) in [5.74, 6) is 8.38. The van der Waals surface area contributed by atoms with Crippen molar-refractivity contribution >= 4 is 29.1 Å². The number of ether oxygens (including phenoxy) is 1. The Morgan fingerprint density at radius 3 is 2.42 bits per heavy atom. The first-order valence-corrected chi connectivity index (χ1v) is 18.4. The Labute approximate surface area is 314 Å². The summed E-state index contributed by atoms with van der Waals surface area (Å²) in [5.41, 5.74) is 6.84. The highest BCUT2D eigenvalue weighted by atomic mass is 16.5. The normalized spacial score (nSPS) is 15.9. The molecule has 3 N–H and O–H groups in total. The molecule has 6 rings (SSSR count). The molecule has 2 unspecified atom stereocenters. The van der Waals surface area contributed by atoms with Crippen molar-refractivity contribution in [1.29, 1.82) is 0 Å². The van der Waals surface area contributed by atoms with Crippen molar-refractivity contribution < 1.29 is 19.1 Å². The number of likely N-dealkylation sites (tertiary alicyclic amines) is 2. The van der Waals surface area contributed by atoms with Gasteiger partial charge >= 0.3 is 6.09 Å². The van der Waals surface area contributed by atoms with Gasteiger partial charge in [0.15, 0.2) is 0 Å². The minimum absolute atomic E-state index is 0.0894. The van der Waals surface area contributed by atoms with Crippen molar-refractivity contribution in [2.24, 2.45) is 11.8 Å². The van der Waals surface area contributed by atoms with Gasteiger partial charge in [0.2, 0.25) is 5.91 Å². The zero-order valence-corrected chi connectivity index (χ0v) is 32.5. The molecule has 2 saturated heterocycles. The number of H-pyrrole nitrogens is 2. The molecule has 11 heteroatoms. The predicted molar refractivity (Wildman–Crippen MR) is 210 cm³/mol. The average molecular weight is 722 g/mol. The van der Waals surface area contributed by atoms with E-state index in [0.717, 1.165) is 60.8 Å². The highest BCUT2D eigenvalue weighted by molar-refractivity contribution is 5.88. The monoisotopic (exact) mass is 721 g/mol. The molecule has 2 aliphatic rings. The molecule has 2 atom stereocenters. The molecule has 0 aliphatic carbocycles. The Kier molecular flexibility index (Phi) is 15.0. The van der Waals surface area contributed by atoms with Gasteiger partial charge < -0.3 is 29.7 Å². The number of aromatic amines is 2. The molecule has 2 aliphatic heterocycles. The molecular weight excluding hydrogens is 667 g/mol. The Balaban J connectivity index is 0.000000210. The summed E-state index contributed by atoms with van der Waals surface area (Å²) in [4.78, 5) is 52.1. The average Bonchev–Trinajstić information content (AvgIpc) is 3.97. The van der Waals surface area contributed by atoms with Crippen LogP contribution in [0.4, 0.5) is 4.79 Å². The van der Waals surface area contributed by atoms with Crippen LogP contribution >= 0.6 is 0 Å². The van der Waals surface area contributed by atoms with E-state index in [1.807, 2.05) is 31.1 Å². The summed E-state index contributed by atoms with van der Waals surface area (Å²) in [6.07, 6.45) is 9.64. The lowest BCUT2D eigenvalue weighted by atomic mass is 10.0. The van der Waals surface area contributed by atoms with Crippen molar-refractivity contribution in [3.63, 3.8) is 0 Å². The van der Waals surface area contributed by atoms with Crippen LogP contribution in [0.5, 0.6) is 0 Å². The third-order valence-corrected chi connectivity index (χ3v) is 9.47. The summed E-state index contributed by atoms with van der Waals surface area (Å²) in [6.45, 7) is 15.1. The van der Waals surface area contributed by atoms with Crippen LogP contribution in [0.1, 0.15) is 90.3 Å². The van der Waals surface area contributed by atoms with Gasteiger partial charge in [-0.3, -0.25) is 9.69 Å². The molecule has 11 nitrogen and oxygen atoms in total. The number of hydrogen-bond donors (Lipinski definition) is 3. The fourth-order valence-electron chi connectivity index (χ4n) is 6.18. The zero-order valence-electron chi connectivity index (χ0n) is 32.5. The lowest BCUT2D eigenvalue weighted by Gasteiger charge is -2.16. The van der Waals surface area contributed by atoms with Crippen LogP contribution < -0.4 is 5.32 Å². The molecule has 0 saturated carbocycles. The number of fused-ring (bicyclic) bond motifs is 1. The fourth-order valence-corrected chi connectivity index (χ4v) is 6.18. The van der Waals surface area contributed by atoms with E-state index < -0.39 is 12.1 Å². The molecule has 2 fully saturated rings. The summed E-state index contributed by atoms with van der Waals surface area (Å²) >= 11 is 0. The number of carbonyl (C=O) groups is 3. The van der Waals surface area contributed by atoms with E-state index in [2.05, 4.69) is 118 Å². The van der Waals surface area contributed by atoms with Crippen molar-refractivity contribution in [3.8, 4) is 23.1 Å². The molecule has 53 heavy (non-hydrogen) atoms. The zero-order chi connectivity index (χ0) is 38.5. The summed E-state index contributed by atoms with van der Waals surface area (Å²) in [6, 6.07) is 12.6. The van der Waals surface area contributed by atoms with Crippen molar-refractivity contribution in [2.75, 3.05) is 33.8 Å². The second-order valence-electron chi connectivity index (χ2n) is 14.6. The van der Waals surface area contributed by atoms with E-state index in [4.69, 9.17) is 0 Å². The first-order chi connectivity index (χ1) is 25.4. The van der Waals surface area contributed by atoms with E-state index in [-0.39, 0.29) is 5.92 Å². The Morgan fingerprint density at radius 1 is 1.06 bits per heavy atom. The third-order valence-electron chi connectivity index (χ3n) is 9.47. The smallest absolute Gasteiger partial charge is 0.407 e. The molecule has 2 aromatic heterocycles. The number of imidazole rings is 2. The molecule has 282 valence electrons. The van der Waals surface area contributed by atoms with Gasteiger partial charge in [-0.05, 0) is 93.4 Å². The van der Waals surface area contributed by atoms with E-state index in [1.165, 1.54) is 35.4 Å². The maximum Gasteiger partial charge on any atom is 0.407 e. The second-order valence-corrected chi connectivity index (χ2v) is 14.6. The lowest BCUT2D eigenvalue weighted by Crippen LogP contribution is -2.39. The molecule has 4 aromatic rings. The van der Waals surface area contributed by atoms with Crippen LogP contribution in [0.2, 0.25) is 0 Å². The van der Waals surface area contributed by atoms with E-state index in [1.54, 1.807) is 6.33 Å². The summed E-state index contributed by atoms with van der Waals surface area (Å²) in [5, 5.41) is 4.75. The minimum atomic E-state index is -0.573. The Morgan fingerprint density at radius 2 is 1.81 bits per heavy atom. The van der Waals surface area contributed by atoms with E-state index in [9.17, 15) is 14.4 Å². The number of aldehydes is 1.